The lowest BCUT2D eigenvalue weighted by atomic mass is 10.2. The third kappa shape index (κ3) is 1.10. The second-order valence-electron chi connectivity index (χ2n) is 2.13. The van der Waals surface area contributed by atoms with Crippen molar-refractivity contribution >= 4 is 6.29 Å². The summed E-state index contributed by atoms with van der Waals surface area (Å²) >= 11 is 0. The van der Waals surface area contributed by atoms with Crippen molar-refractivity contribution in [2.45, 2.75) is 18.2 Å². The van der Waals surface area contributed by atoms with Gasteiger partial charge in [0, 0.05) is 6.54 Å². The van der Waals surface area contributed by atoms with Crippen molar-refractivity contribution < 1.29 is 15.0 Å². The smallest absolute Gasteiger partial charge is 0.139 e. The Kier molecular flexibility index (Phi) is 1.80. The van der Waals surface area contributed by atoms with Crippen LogP contribution in [0.25, 0.3) is 0 Å². The van der Waals surface area contributed by atoms with Gasteiger partial charge in [-0.3, -0.25) is 0 Å². The number of β-amino-alcohol motifs (C(OH)–C–C–N with tert-alkyl or cyclic N) is 1. The highest BCUT2D eigenvalue weighted by molar-refractivity contribution is 5.59. The van der Waals surface area contributed by atoms with Crippen molar-refractivity contribution in [2.24, 2.45) is 0 Å². The molecule has 0 unspecified atom stereocenters. The Morgan fingerprint density at radius 3 is 2.44 bits per heavy atom. The number of hydrogen-bond donors (Lipinski definition) is 3. The summed E-state index contributed by atoms with van der Waals surface area (Å²) in [7, 11) is 0. The lowest BCUT2D eigenvalue weighted by Crippen LogP contribution is -2.33. The molecule has 0 aromatic heterocycles. The number of nitrogens with one attached hydrogen (secondary N) is 1. The molecule has 0 aliphatic carbocycles. The van der Waals surface area contributed by atoms with E-state index in [1.165, 1.54) is 0 Å². The van der Waals surface area contributed by atoms with E-state index in [0.29, 0.717) is 12.8 Å². The zero-order chi connectivity index (χ0) is 6.85. The third-order valence-electron chi connectivity index (χ3n) is 1.47. The largest absolute Gasteiger partial charge is 0.389 e. The molecule has 52 valence electrons. The predicted octanol–water partition coefficient (Wildman–Crippen LogP) is -2.12. The summed E-state index contributed by atoms with van der Waals surface area (Å²) in [5.74, 6) is 0. The van der Waals surface area contributed by atoms with Gasteiger partial charge >= 0.3 is 0 Å². The van der Waals surface area contributed by atoms with Crippen molar-refractivity contribution in [1.29, 1.82) is 0 Å². The van der Waals surface area contributed by atoms with Crippen molar-refractivity contribution in [2.75, 3.05) is 6.54 Å². The maximum absolute atomic E-state index is 10.0. The molecule has 3 N–H and O–H groups in total. The van der Waals surface area contributed by atoms with E-state index >= 15 is 0 Å². The summed E-state index contributed by atoms with van der Waals surface area (Å²) in [6.07, 6.45) is -1.12. The number of aliphatic hydroxyl groups excluding tert-OH is 2. The van der Waals surface area contributed by atoms with Crippen LogP contribution < -0.4 is 5.32 Å². The Morgan fingerprint density at radius 2 is 2.22 bits per heavy atom. The van der Waals surface area contributed by atoms with Gasteiger partial charge in [-0.25, -0.2) is 0 Å². The lowest BCUT2D eigenvalue weighted by Gasteiger charge is -2.07. The molecule has 1 rings (SSSR count). The number of carbonyl (C=O) groups excluding carboxylic acids is 1. The van der Waals surface area contributed by atoms with Crippen LogP contribution >= 0.6 is 0 Å². The van der Waals surface area contributed by atoms with Crippen LogP contribution in [0.5, 0.6) is 0 Å². The maximum Gasteiger partial charge on any atom is 0.139 e. The molecule has 0 spiro atoms. The van der Waals surface area contributed by atoms with Gasteiger partial charge in [-0.05, 0) is 0 Å². The van der Waals surface area contributed by atoms with Crippen molar-refractivity contribution in [1.82, 2.24) is 5.32 Å². The highest BCUT2D eigenvalue weighted by atomic mass is 16.3. The minimum Gasteiger partial charge on any atom is -0.389 e. The van der Waals surface area contributed by atoms with E-state index in [-0.39, 0.29) is 0 Å². The number of rotatable bonds is 1. The van der Waals surface area contributed by atoms with Crippen LogP contribution in [0.4, 0.5) is 0 Å². The molecule has 4 heteroatoms. The van der Waals surface area contributed by atoms with Crippen LogP contribution in [0.2, 0.25) is 0 Å². The fraction of sp³-hybridized carbons (Fsp3) is 0.800. The molecule has 1 saturated heterocycles. The maximum atomic E-state index is 10.0. The second-order valence-corrected chi connectivity index (χ2v) is 2.13. The molecule has 1 heterocycles. The summed E-state index contributed by atoms with van der Waals surface area (Å²) in [6, 6.07) is -0.583. The van der Waals surface area contributed by atoms with Crippen LogP contribution in [0.3, 0.4) is 0 Å². The predicted molar refractivity (Wildman–Crippen MR) is 29.9 cm³/mol. The minimum atomic E-state index is -0.928. The van der Waals surface area contributed by atoms with E-state index in [0.717, 1.165) is 0 Å². The first-order chi connectivity index (χ1) is 4.25. The topological polar surface area (TPSA) is 69.6 Å². The number of aldehydes is 1. The summed E-state index contributed by atoms with van der Waals surface area (Å²) in [6.45, 7) is 0.296. The Hall–Kier alpha value is -0.450. The standard InChI is InChI=1S/C5H9NO3/c7-2-3-5(9)4(8)1-6-3/h2-6,8-9H,1H2/t3-,4+,5-/m1/s1. The average molecular weight is 131 g/mol. The first-order valence-electron chi connectivity index (χ1n) is 2.80. The lowest BCUT2D eigenvalue weighted by molar-refractivity contribution is -0.111. The van der Waals surface area contributed by atoms with Gasteiger partial charge < -0.3 is 20.3 Å². The normalized spacial score (nSPS) is 43.1. The van der Waals surface area contributed by atoms with Gasteiger partial charge in [0.05, 0.1) is 12.1 Å². The first-order valence-corrected chi connectivity index (χ1v) is 2.80. The molecule has 1 aliphatic rings. The van der Waals surface area contributed by atoms with E-state index in [9.17, 15) is 4.79 Å². The van der Waals surface area contributed by atoms with Crippen LogP contribution in [0.15, 0.2) is 0 Å². The van der Waals surface area contributed by atoms with Gasteiger partial charge in [0.15, 0.2) is 0 Å². The molecule has 0 radical (unpaired) electrons. The van der Waals surface area contributed by atoms with Gasteiger partial charge in [-0.2, -0.15) is 0 Å². The molecule has 1 fully saturated rings. The Morgan fingerprint density at radius 1 is 1.56 bits per heavy atom. The van der Waals surface area contributed by atoms with E-state index in [2.05, 4.69) is 5.32 Å². The van der Waals surface area contributed by atoms with E-state index < -0.39 is 18.2 Å². The Balaban J connectivity index is 2.50. The van der Waals surface area contributed by atoms with Crippen molar-refractivity contribution in [3.63, 3.8) is 0 Å². The molecule has 0 saturated carbocycles. The van der Waals surface area contributed by atoms with E-state index in [1.54, 1.807) is 0 Å². The number of aliphatic hydroxyl groups is 2. The summed E-state index contributed by atoms with van der Waals surface area (Å²) in [5.41, 5.74) is 0. The number of carbonyl (C=O) groups is 1. The second kappa shape index (κ2) is 2.43. The molecule has 1 aliphatic heterocycles. The van der Waals surface area contributed by atoms with E-state index in [4.69, 9.17) is 10.2 Å². The fourth-order valence-electron chi connectivity index (χ4n) is 0.866. The Bertz CT molecular complexity index is 117. The molecule has 0 aromatic rings. The molecule has 0 amide bonds. The zero-order valence-electron chi connectivity index (χ0n) is 4.82. The van der Waals surface area contributed by atoms with Crippen LogP contribution in [0, 0.1) is 0 Å². The molecular formula is C5H9NO3. The Labute approximate surface area is 52.5 Å². The fourth-order valence-corrected chi connectivity index (χ4v) is 0.866. The van der Waals surface area contributed by atoms with Gasteiger partial charge in [0.2, 0.25) is 0 Å². The molecule has 0 bridgehead atoms. The highest BCUT2D eigenvalue weighted by Crippen LogP contribution is 2.04. The van der Waals surface area contributed by atoms with Crippen molar-refractivity contribution in [3.8, 4) is 0 Å². The summed E-state index contributed by atoms with van der Waals surface area (Å²) < 4.78 is 0. The third-order valence-corrected chi connectivity index (χ3v) is 1.47. The quantitative estimate of drug-likeness (QED) is 0.356. The molecular weight excluding hydrogens is 122 g/mol. The molecule has 4 nitrogen and oxygen atoms in total. The van der Waals surface area contributed by atoms with Gasteiger partial charge in [0.1, 0.15) is 12.4 Å². The summed E-state index contributed by atoms with van der Waals surface area (Å²) in [4.78, 5) is 10.0. The van der Waals surface area contributed by atoms with Crippen molar-refractivity contribution in [3.05, 3.63) is 0 Å². The SMILES string of the molecule is O=C[C@H]1NC[C@H](O)[C@@H]1O. The van der Waals surface area contributed by atoms with Gasteiger partial charge in [-0.1, -0.05) is 0 Å². The average Bonchev–Trinajstić information content (AvgIpc) is 2.15. The highest BCUT2D eigenvalue weighted by Gasteiger charge is 2.32. The zero-order valence-corrected chi connectivity index (χ0v) is 4.82. The van der Waals surface area contributed by atoms with Crippen LogP contribution in [-0.2, 0) is 4.79 Å². The summed E-state index contributed by atoms with van der Waals surface area (Å²) in [5, 5.41) is 20.4. The first kappa shape index (κ1) is 6.67. The monoisotopic (exact) mass is 131 g/mol. The molecule has 9 heavy (non-hydrogen) atoms. The van der Waals surface area contributed by atoms with E-state index in [1.807, 2.05) is 0 Å². The number of hydrogen-bond acceptors (Lipinski definition) is 4. The molecule has 0 aromatic carbocycles. The van der Waals surface area contributed by atoms with Crippen LogP contribution in [0.1, 0.15) is 0 Å². The molecule has 3 atom stereocenters. The minimum absolute atomic E-state index is 0.296. The van der Waals surface area contributed by atoms with Crippen LogP contribution in [-0.4, -0.2) is 41.3 Å². The van der Waals surface area contributed by atoms with Gasteiger partial charge in [0.25, 0.3) is 0 Å². The van der Waals surface area contributed by atoms with Gasteiger partial charge in [-0.15, -0.1) is 0 Å².